The van der Waals surface area contributed by atoms with Gasteiger partial charge in [-0.2, -0.15) is 0 Å². The van der Waals surface area contributed by atoms with Crippen molar-refractivity contribution in [2.45, 2.75) is 18.7 Å². The lowest BCUT2D eigenvalue weighted by Gasteiger charge is -2.31. The lowest BCUT2D eigenvalue weighted by molar-refractivity contribution is -0.141. The first-order valence-corrected chi connectivity index (χ1v) is 10.6. The summed E-state index contributed by atoms with van der Waals surface area (Å²) in [5, 5.41) is 1.67. The molecule has 0 spiro atoms. The summed E-state index contributed by atoms with van der Waals surface area (Å²) < 4.78 is 7.36. The van der Waals surface area contributed by atoms with Crippen LogP contribution in [0.5, 0.6) is 0 Å². The fraction of sp³-hybridized carbons (Fsp3) is 0.389. The average molecular weight is 409 g/mol. The number of ether oxygens (including phenoxy) is 1. The molecule has 0 saturated carbocycles. The number of esters is 1. The Hall–Kier alpha value is -1.64. The predicted molar refractivity (Wildman–Crippen MR) is 108 cm³/mol. The molecule has 0 unspecified atom stereocenters. The Morgan fingerprint density at radius 1 is 1.31 bits per heavy atom. The number of carbonyl (C=O) groups excluding carboxylic acids is 2. The van der Waals surface area contributed by atoms with E-state index < -0.39 is 0 Å². The first-order valence-electron chi connectivity index (χ1n) is 8.22. The van der Waals surface area contributed by atoms with Gasteiger partial charge >= 0.3 is 5.97 Å². The van der Waals surface area contributed by atoms with E-state index in [1.165, 1.54) is 35.8 Å². The van der Waals surface area contributed by atoms with Crippen molar-refractivity contribution < 1.29 is 14.3 Å². The number of nitrogens with zero attached hydrogens (tertiary/aromatic N) is 2. The maximum atomic E-state index is 12.8. The number of hydrogen-bond acceptors (Lipinski definition) is 6. The number of carbonyl (C=O) groups is 2. The second-order valence-corrected chi connectivity index (χ2v) is 8.88. The number of thioether (sulfide) groups is 1. The second kappa shape index (κ2) is 8.37. The highest BCUT2D eigenvalue weighted by molar-refractivity contribution is 8.00. The third-order valence-electron chi connectivity index (χ3n) is 4.31. The maximum Gasteiger partial charge on any atom is 0.320 e. The molecule has 1 aliphatic heterocycles. The molecule has 1 aliphatic rings. The number of aryl methyl sites for hydroxylation is 1. The van der Waals surface area contributed by atoms with Crippen molar-refractivity contribution in [3.8, 4) is 11.3 Å². The number of methoxy groups -OCH3 is 1. The summed E-state index contributed by atoms with van der Waals surface area (Å²) in [6, 6.07) is 8.17. The lowest BCUT2D eigenvalue weighted by Crippen LogP contribution is -2.46. The van der Waals surface area contributed by atoms with Crippen LogP contribution in [0.1, 0.15) is 5.56 Å². The standard InChI is InChI=1S/C18H20N2O3S3/c1-12-3-5-13(6-4-12)14-11-26-18(24)20(14)10-16(21)19-7-8-25-15(9-19)17(22)23-2/h3-6,11,15H,7-10H2,1-2H3/t15-/m0/s1. The summed E-state index contributed by atoms with van der Waals surface area (Å²) in [6.45, 7) is 3.24. The van der Waals surface area contributed by atoms with E-state index in [0.717, 1.165) is 17.0 Å². The number of rotatable bonds is 4. The van der Waals surface area contributed by atoms with E-state index in [-0.39, 0.29) is 23.7 Å². The molecule has 5 nitrogen and oxygen atoms in total. The van der Waals surface area contributed by atoms with Crippen LogP contribution in [-0.2, 0) is 20.9 Å². The van der Waals surface area contributed by atoms with Crippen LogP contribution in [0.3, 0.4) is 0 Å². The predicted octanol–water partition coefficient (Wildman–Crippen LogP) is 3.37. The van der Waals surface area contributed by atoms with E-state index in [4.69, 9.17) is 17.0 Å². The van der Waals surface area contributed by atoms with Crippen LogP contribution in [0, 0.1) is 10.9 Å². The van der Waals surface area contributed by atoms with E-state index in [9.17, 15) is 9.59 Å². The fourth-order valence-corrected chi connectivity index (χ4v) is 5.02. The number of benzene rings is 1. The summed E-state index contributed by atoms with van der Waals surface area (Å²) in [5.41, 5.74) is 3.17. The van der Waals surface area contributed by atoms with Crippen LogP contribution in [0.4, 0.5) is 0 Å². The molecule has 26 heavy (non-hydrogen) atoms. The molecule has 1 aromatic heterocycles. The first-order chi connectivity index (χ1) is 12.5. The summed E-state index contributed by atoms with van der Waals surface area (Å²) in [7, 11) is 1.38. The number of hydrogen-bond donors (Lipinski definition) is 0. The van der Waals surface area contributed by atoms with Gasteiger partial charge in [-0.05, 0) is 24.7 Å². The van der Waals surface area contributed by atoms with Gasteiger partial charge in [0.2, 0.25) is 5.91 Å². The largest absolute Gasteiger partial charge is 0.468 e. The zero-order chi connectivity index (χ0) is 18.7. The molecule has 2 aromatic rings. The molecule has 1 saturated heterocycles. The van der Waals surface area contributed by atoms with Crippen LogP contribution in [0.2, 0.25) is 0 Å². The minimum absolute atomic E-state index is 0.0259. The Bertz CT molecular complexity index is 857. The lowest BCUT2D eigenvalue weighted by atomic mass is 10.1. The summed E-state index contributed by atoms with van der Waals surface area (Å²) in [6.07, 6.45) is 0. The Kier molecular flexibility index (Phi) is 6.16. The van der Waals surface area contributed by atoms with Gasteiger partial charge in [0.15, 0.2) is 3.95 Å². The second-order valence-electron chi connectivity index (χ2n) is 6.06. The van der Waals surface area contributed by atoms with Gasteiger partial charge in [-0.25, -0.2) is 0 Å². The maximum absolute atomic E-state index is 12.8. The molecule has 8 heteroatoms. The van der Waals surface area contributed by atoms with Gasteiger partial charge in [0.25, 0.3) is 0 Å². The fourth-order valence-electron chi connectivity index (χ4n) is 2.81. The van der Waals surface area contributed by atoms with Crippen molar-refractivity contribution in [1.82, 2.24) is 9.47 Å². The Morgan fingerprint density at radius 2 is 2.04 bits per heavy atom. The molecule has 1 aromatic carbocycles. The number of amides is 1. The summed E-state index contributed by atoms with van der Waals surface area (Å²) in [5.74, 6) is 0.424. The normalized spacial score (nSPS) is 17.2. The van der Waals surface area contributed by atoms with Crippen molar-refractivity contribution in [2.75, 3.05) is 26.0 Å². The van der Waals surface area contributed by atoms with Crippen molar-refractivity contribution in [3.05, 3.63) is 39.2 Å². The zero-order valence-corrected chi connectivity index (χ0v) is 17.1. The van der Waals surface area contributed by atoms with Gasteiger partial charge in [-0.15, -0.1) is 23.1 Å². The van der Waals surface area contributed by atoms with Gasteiger partial charge in [0.05, 0.1) is 12.8 Å². The molecule has 1 amide bonds. The molecule has 1 atom stereocenters. The van der Waals surface area contributed by atoms with E-state index in [1.54, 1.807) is 4.90 Å². The van der Waals surface area contributed by atoms with E-state index in [2.05, 4.69) is 0 Å². The summed E-state index contributed by atoms with van der Waals surface area (Å²) >= 11 is 8.43. The molecule has 0 aliphatic carbocycles. The monoisotopic (exact) mass is 408 g/mol. The molecule has 2 heterocycles. The topological polar surface area (TPSA) is 51.5 Å². The quantitative estimate of drug-likeness (QED) is 0.573. The number of thiazole rings is 1. The summed E-state index contributed by atoms with van der Waals surface area (Å²) in [4.78, 5) is 26.3. The molecular weight excluding hydrogens is 388 g/mol. The van der Waals surface area contributed by atoms with Crippen LogP contribution < -0.4 is 0 Å². The third-order valence-corrected chi connectivity index (χ3v) is 6.74. The highest BCUT2D eigenvalue weighted by Crippen LogP contribution is 2.25. The van der Waals surface area contributed by atoms with Gasteiger partial charge in [-0.1, -0.05) is 29.8 Å². The smallest absolute Gasteiger partial charge is 0.320 e. The van der Waals surface area contributed by atoms with Crippen LogP contribution in [0.25, 0.3) is 11.3 Å². The van der Waals surface area contributed by atoms with Crippen LogP contribution in [-0.4, -0.2) is 52.5 Å². The minimum Gasteiger partial charge on any atom is -0.468 e. The van der Waals surface area contributed by atoms with Crippen molar-refractivity contribution >= 4 is 47.2 Å². The van der Waals surface area contributed by atoms with Gasteiger partial charge in [-0.3, -0.25) is 9.59 Å². The van der Waals surface area contributed by atoms with E-state index in [0.29, 0.717) is 17.0 Å². The molecule has 138 valence electrons. The molecule has 0 bridgehead atoms. The van der Waals surface area contributed by atoms with Gasteiger partial charge in [0.1, 0.15) is 11.8 Å². The van der Waals surface area contributed by atoms with Gasteiger partial charge in [0, 0.05) is 24.2 Å². The highest BCUT2D eigenvalue weighted by atomic mass is 32.2. The average Bonchev–Trinajstić information content (AvgIpc) is 3.02. The molecule has 1 fully saturated rings. The molecule has 3 rings (SSSR count). The Labute approximate surface area is 166 Å². The van der Waals surface area contributed by atoms with Crippen LogP contribution >= 0.6 is 35.3 Å². The third kappa shape index (κ3) is 4.19. The van der Waals surface area contributed by atoms with Crippen molar-refractivity contribution in [1.29, 1.82) is 0 Å². The molecule has 0 radical (unpaired) electrons. The highest BCUT2D eigenvalue weighted by Gasteiger charge is 2.30. The van der Waals surface area contributed by atoms with Crippen molar-refractivity contribution in [3.63, 3.8) is 0 Å². The number of aromatic nitrogens is 1. The van der Waals surface area contributed by atoms with E-state index >= 15 is 0 Å². The van der Waals surface area contributed by atoms with Gasteiger partial charge < -0.3 is 14.2 Å². The first kappa shape index (κ1) is 19.1. The Morgan fingerprint density at radius 3 is 2.73 bits per heavy atom. The van der Waals surface area contributed by atoms with E-state index in [1.807, 2.05) is 41.1 Å². The SMILES string of the molecule is COC(=O)[C@@H]1CN(C(=O)Cn2c(-c3ccc(C)cc3)csc2=S)CCS1. The van der Waals surface area contributed by atoms with Crippen molar-refractivity contribution in [2.24, 2.45) is 0 Å². The zero-order valence-electron chi connectivity index (χ0n) is 14.6. The minimum atomic E-state index is -0.315. The molecular formula is C18H20N2O3S3. The van der Waals surface area contributed by atoms with Crippen LogP contribution in [0.15, 0.2) is 29.6 Å². The Balaban J connectivity index is 1.77. The molecule has 0 N–H and O–H groups in total.